The van der Waals surface area contributed by atoms with E-state index in [1.807, 2.05) is 24.3 Å². The lowest BCUT2D eigenvalue weighted by Crippen LogP contribution is -2.20. The fourth-order valence-electron chi connectivity index (χ4n) is 2.44. The molecular formula is C19H13ClF3NO3. The highest BCUT2D eigenvalue weighted by atomic mass is 35.5. The molecule has 1 amide bonds. The van der Waals surface area contributed by atoms with Crippen molar-refractivity contribution in [2.24, 2.45) is 0 Å². The molecule has 3 rings (SSSR count). The molecule has 0 saturated carbocycles. The maximum absolute atomic E-state index is 12.1. The summed E-state index contributed by atoms with van der Waals surface area (Å²) in [6.07, 6.45) is -4.76. The number of benzene rings is 3. The van der Waals surface area contributed by atoms with Gasteiger partial charge in [-0.3, -0.25) is 4.79 Å². The van der Waals surface area contributed by atoms with E-state index in [1.165, 1.54) is 12.1 Å². The standard InChI is InChI=1S/C19H13ClF3NO3/c20-16-9-10-17(15-4-2-1-3-14(15)16)26-11-18(25)24-12-5-7-13(8-6-12)27-19(21,22)23/h1-10H,11H2,(H,24,25). The molecule has 8 heteroatoms. The lowest BCUT2D eigenvalue weighted by Gasteiger charge is -2.11. The number of nitrogens with one attached hydrogen (secondary N) is 1. The van der Waals surface area contributed by atoms with Crippen molar-refractivity contribution < 1.29 is 27.4 Å². The first-order valence-electron chi connectivity index (χ1n) is 7.77. The zero-order chi connectivity index (χ0) is 19.4. The number of carbonyl (C=O) groups excluding carboxylic acids is 1. The molecule has 0 bridgehead atoms. The third kappa shape index (κ3) is 5.04. The predicted molar refractivity (Wildman–Crippen MR) is 96.2 cm³/mol. The molecule has 0 aromatic heterocycles. The number of rotatable bonds is 5. The van der Waals surface area contributed by atoms with Crippen molar-refractivity contribution in [3.63, 3.8) is 0 Å². The molecule has 1 N–H and O–H groups in total. The molecule has 0 radical (unpaired) electrons. The lowest BCUT2D eigenvalue weighted by atomic mass is 10.1. The third-order valence-corrected chi connectivity index (χ3v) is 3.89. The van der Waals surface area contributed by atoms with Crippen LogP contribution in [0.2, 0.25) is 5.02 Å². The van der Waals surface area contributed by atoms with Crippen molar-refractivity contribution in [2.75, 3.05) is 11.9 Å². The van der Waals surface area contributed by atoms with Crippen molar-refractivity contribution in [3.05, 3.63) is 65.7 Å². The van der Waals surface area contributed by atoms with Crippen LogP contribution >= 0.6 is 11.6 Å². The van der Waals surface area contributed by atoms with Gasteiger partial charge in [-0.2, -0.15) is 0 Å². The predicted octanol–water partition coefficient (Wildman–Crippen LogP) is 5.41. The highest BCUT2D eigenvalue weighted by molar-refractivity contribution is 6.35. The monoisotopic (exact) mass is 395 g/mol. The Kier molecular flexibility index (Phi) is 5.41. The second-order valence-electron chi connectivity index (χ2n) is 5.50. The highest BCUT2D eigenvalue weighted by Gasteiger charge is 2.30. The Morgan fingerprint density at radius 1 is 0.963 bits per heavy atom. The molecule has 0 aliphatic rings. The van der Waals surface area contributed by atoms with Gasteiger partial charge in [-0.05, 0) is 36.4 Å². The number of ether oxygens (including phenoxy) is 2. The SMILES string of the molecule is O=C(COc1ccc(Cl)c2ccccc12)Nc1ccc(OC(F)(F)F)cc1. The molecule has 3 aromatic rings. The van der Waals surface area contributed by atoms with Crippen LogP contribution in [-0.4, -0.2) is 18.9 Å². The first-order chi connectivity index (χ1) is 12.8. The minimum absolute atomic E-state index is 0.271. The Hall–Kier alpha value is -2.93. The van der Waals surface area contributed by atoms with E-state index in [1.54, 1.807) is 12.1 Å². The van der Waals surface area contributed by atoms with Gasteiger partial charge in [0.05, 0.1) is 0 Å². The number of halogens is 4. The first-order valence-corrected chi connectivity index (χ1v) is 8.15. The summed E-state index contributed by atoms with van der Waals surface area (Å²) in [5, 5.41) is 4.68. The van der Waals surface area contributed by atoms with Gasteiger partial charge in [0.15, 0.2) is 6.61 Å². The van der Waals surface area contributed by atoms with Gasteiger partial charge in [0.25, 0.3) is 5.91 Å². The van der Waals surface area contributed by atoms with Gasteiger partial charge in [0.2, 0.25) is 0 Å². The van der Waals surface area contributed by atoms with Crippen molar-refractivity contribution in [3.8, 4) is 11.5 Å². The Labute approximate surface area is 157 Å². The maximum atomic E-state index is 12.1. The molecule has 0 unspecified atom stereocenters. The average Bonchev–Trinajstić information content (AvgIpc) is 2.62. The normalized spacial score (nSPS) is 11.3. The summed E-state index contributed by atoms with van der Waals surface area (Å²) in [4.78, 5) is 12.0. The Morgan fingerprint density at radius 2 is 1.63 bits per heavy atom. The minimum atomic E-state index is -4.76. The molecule has 27 heavy (non-hydrogen) atoms. The summed E-state index contributed by atoms with van der Waals surface area (Å²) in [5.41, 5.74) is 0.319. The van der Waals surface area contributed by atoms with Crippen molar-refractivity contribution in [2.45, 2.75) is 6.36 Å². The number of alkyl halides is 3. The largest absolute Gasteiger partial charge is 0.573 e. The highest BCUT2D eigenvalue weighted by Crippen LogP contribution is 2.31. The van der Waals surface area contributed by atoms with Crippen LogP contribution in [0.15, 0.2) is 60.7 Å². The number of amides is 1. The molecular weight excluding hydrogens is 383 g/mol. The fraction of sp³-hybridized carbons (Fsp3) is 0.105. The number of hydrogen-bond donors (Lipinski definition) is 1. The van der Waals surface area contributed by atoms with Gasteiger partial charge in [-0.15, -0.1) is 13.2 Å². The first kappa shape index (κ1) is 18.8. The third-order valence-electron chi connectivity index (χ3n) is 3.56. The van der Waals surface area contributed by atoms with E-state index in [4.69, 9.17) is 16.3 Å². The summed E-state index contributed by atoms with van der Waals surface area (Å²) in [5.74, 6) is -0.332. The summed E-state index contributed by atoms with van der Waals surface area (Å²) in [7, 11) is 0. The summed E-state index contributed by atoms with van der Waals surface area (Å²) < 4.78 is 45.7. The van der Waals surface area contributed by atoms with Crippen LogP contribution in [0.25, 0.3) is 10.8 Å². The second-order valence-corrected chi connectivity index (χ2v) is 5.91. The molecule has 0 heterocycles. The van der Waals surface area contributed by atoms with Crippen LogP contribution < -0.4 is 14.8 Å². The molecule has 0 spiro atoms. The molecule has 4 nitrogen and oxygen atoms in total. The summed E-state index contributed by atoms with van der Waals surface area (Å²) in [6, 6.07) is 15.5. The maximum Gasteiger partial charge on any atom is 0.573 e. The number of carbonyl (C=O) groups is 1. The van der Waals surface area contributed by atoms with E-state index in [9.17, 15) is 18.0 Å². The fourth-order valence-corrected chi connectivity index (χ4v) is 2.67. The Balaban J connectivity index is 1.61. The number of fused-ring (bicyclic) bond motifs is 1. The van der Waals surface area contributed by atoms with Crippen LogP contribution in [0, 0.1) is 0 Å². The topological polar surface area (TPSA) is 47.6 Å². The van der Waals surface area contributed by atoms with Crippen LogP contribution in [0.3, 0.4) is 0 Å². The second kappa shape index (κ2) is 7.75. The quantitative estimate of drug-likeness (QED) is 0.628. The molecule has 140 valence electrons. The molecule has 3 aromatic carbocycles. The smallest absolute Gasteiger partial charge is 0.483 e. The zero-order valence-corrected chi connectivity index (χ0v) is 14.5. The zero-order valence-electron chi connectivity index (χ0n) is 13.7. The lowest BCUT2D eigenvalue weighted by molar-refractivity contribution is -0.274. The summed E-state index contributed by atoms with van der Waals surface area (Å²) >= 11 is 6.14. The Bertz CT molecular complexity index is 959. The van der Waals surface area contributed by atoms with E-state index in [2.05, 4.69) is 10.1 Å². The molecule has 0 aliphatic heterocycles. The van der Waals surface area contributed by atoms with Gasteiger partial charge in [0.1, 0.15) is 11.5 Å². The summed E-state index contributed by atoms with van der Waals surface area (Å²) in [6.45, 7) is -0.271. The van der Waals surface area contributed by atoms with Crippen molar-refractivity contribution in [1.29, 1.82) is 0 Å². The average molecular weight is 396 g/mol. The van der Waals surface area contributed by atoms with Gasteiger partial charge in [-0.1, -0.05) is 35.9 Å². The number of anilines is 1. The van der Waals surface area contributed by atoms with E-state index < -0.39 is 12.3 Å². The van der Waals surface area contributed by atoms with E-state index in [0.717, 1.165) is 22.9 Å². The molecule has 0 aliphatic carbocycles. The van der Waals surface area contributed by atoms with Gasteiger partial charge in [0, 0.05) is 21.5 Å². The molecule has 0 saturated heterocycles. The van der Waals surface area contributed by atoms with E-state index in [0.29, 0.717) is 16.5 Å². The van der Waals surface area contributed by atoms with Crippen molar-refractivity contribution >= 4 is 34.0 Å². The van der Waals surface area contributed by atoms with E-state index >= 15 is 0 Å². The number of hydrogen-bond acceptors (Lipinski definition) is 3. The molecule has 0 atom stereocenters. The van der Waals surface area contributed by atoms with Crippen LogP contribution in [-0.2, 0) is 4.79 Å². The minimum Gasteiger partial charge on any atom is -0.483 e. The van der Waals surface area contributed by atoms with Crippen molar-refractivity contribution in [1.82, 2.24) is 0 Å². The van der Waals surface area contributed by atoms with Gasteiger partial charge in [-0.25, -0.2) is 0 Å². The van der Waals surface area contributed by atoms with Crippen LogP contribution in [0.5, 0.6) is 11.5 Å². The van der Waals surface area contributed by atoms with E-state index in [-0.39, 0.29) is 12.4 Å². The Morgan fingerprint density at radius 3 is 2.30 bits per heavy atom. The van der Waals surface area contributed by atoms with Crippen LogP contribution in [0.1, 0.15) is 0 Å². The van der Waals surface area contributed by atoms with Crippen LogP contribution in [0.4, 0.5) is 18.9 Å². The van der Waals surface area contributed by atoms with Gasteiger partial charge < -0.3 is 14.8 Å². The molecule has 0 fully saturated rings. The van der Waals surface area contributed by atoms with Gasteiger partial charge >= 0.3 is 6.36 Å².